The van der Waals surface area contributed by atoms with Crippen LogP contribution in [0.2, 0.25) is 0 Å². The summed E-state index contributed by atoms with van der Waals surface area (Å²) in [5.74, 6) is 1.79. The molecule has 3 N–H and O–H groups in total. The Morgan fingerprint density at radius 2 is 2.04 bits per heavy atom. The first-order valence-electron chi connectivity index (χ1n) is 8.71. The number of amides is 1. The van der Waals surface area contributed by atoms with Crippen LogP contribution in [0.15, 0.2) is 34.9 Å². The normalized spacial score (nSPS) is 12.2. The van der Waals surface area contributed by atoms with Gasteiger partial charge >= 0.3 is 0 Å². The number of benzene rings is 1. The molecular formula is C20H28N2O3. The van der Waals surface area contributed by atoms with Crippen molar-refractivity contribution in [3.05, 3.63) is 53.0 Å². The smallest absolute Gasteiger partial charge is 0.254 e. The Morgan fingerprint density at radius 3 is 2.68 bits per heavy atom. The number of hydrogen-bond acceptors (Lipinski definition) is 4. The zero-order valence-electron chi connectivity index (χ0n) is 15.5. The van der Waals surface area contributed by atoms with Crippen molar-refractivity contribution in [2.75, 3.05) is 0 Å². The highest BCUT2D eigenvalue weighted by Gasteiger charge is 2.13. The summed E-state index contributed by atoms with van der Waals surface area (Å²) in [6, 6.07) is 7.69. The summed E-state index contributed by atoms with van der Waals surface area (Å²) < 4.78 is 11.3. The minimum atomic E-state index is -0.190. The molecule has 0 fully saturated rings. The van der Waals surface area contributed by atoms with Crippen molar-refractivity contribution in [1.82, 2.24) is 5.32 Å². The van der Waals surface area contributed by atoms with Crippen molar-refractivity contribution in [3.63, 3.8) is 0 Å². The highest BCUT2D eigenvalue weighted by Crippen LogP contribution is 2.23. The van der Waals surface area contributed by atoms with Gasteiger partial charge < -0.3 is 20.2 Å². The molecule has 1 unspecified atom stereocenters. The zero-order valence-corrected chi connectivity index (χ0v) is 15.5. The number of carbonyl (C=O) groups excluding carboxylic acids is 1. The lowest BCUT2D eigenvalue weighted by Crippen LogP contribution is -2.23. The Balaban J connectivity index is 2.04. The summed E-state index contributed by atoms with van der Waals surface area (Å²) in [7, 11) is 0. The van der Waals surface area contributed by atoms with E-state index in [1.54, 1.807) is 6.07 Å². The van der Waals surface area contributed by atoms with Crippen LogP contribution in [0.25, 0.3) is 0 Å². The van der Waals surface area contributed by atoms with Gasteiger partial charge in [-0.1, -0.05) is 26.0 Å². The van der Waals surface area contributed by atoms with Crippen molar-refractivity contribution in [1.29, 1.82) is 0 Å². The molecule has 0 saturated carbocycles. The van der Waals surface area contributed by atoms with Crippen molar-refractivity contribution < 1.29 is 13.9 Å². The Morgan fingerprint density at radius 1 is 1.28 bits per heavy atom. The standard InChI is InChI=1S/C20H28N2O3/c1-13(2)7-15(4)25-19-8-14(3)5-6-16(19)11-22-20(23)17-9-18(10-21)24-12-17/h5-6,8-9,12-13,15H,7,10-11,21H2,1-4H3,(H,22,23). The SMILES string of the molecule is Cc1ccc(CNC(=O)c2coc(CN)c2)c(OC(C)CC(C)C)c1. The summed E-state index contributed by atoms with van der Waals surface area (Å²) in [6.45, 7) is 9.13. The molecule has 1 amide bonds. The fourth-order valence-electron chi connectivity index (χ4n) is 2.73. The molecule has 0 radical (unpaired) electrons. The van der Waals surface area contributed by atoms with Crippen molar-refractivity contribution in [3.8, 4) is 5.75 Å². The molecule has 25 heavy (non-hydrogen) atoms. The molecule has 5 heteroatoms. The maximum absolute atomic E-state index is 12.2. The van der Waals surface area contributed by atoms with Gasteiger partial charge in [0.1, 0.15) is 17.8 Å². The monoisotopic (exact) mass is 344 g/mol. The third-order valence-electron chi connectivity index (χ3n) is 3.91. The quantitative estimate of drug-likeness (QED) is 0.764. The Hall–Kier alpha value is -2.27. The fraction of sp³-hybridized carbons (Fsp3) is 0.450. The third-order valence-corrected chi connectivity index (χ3v) is 3.91. The van der Waals surface area contributed by atoms with Gasteiger partial charge in [-0.25, -0.2) is 0 Å². The van der Waals surface area contributed by atoms with E-state index in [0.717, 1.165) is 23.3 Å². The molecule has 1 aromatic heterocycles. The highest BCUT2D eigenvalue weighted by atomic mass is 16.5. The van der Waals surface area contributed by atoms with E-state index in [-0.39, 0.29) is 18.6 Å². The minimum absolute atomic E-state index is 0.122. The van der Waals surface area contributed by atoms with Crippen molar-refractivity contribution in [2.45, 2.75) is 53.3 Å². The van der Waals surface area contributed by atoms with Crippen LogP contribution in [0.4, 0.5) is 0 Å². The van der Waals surface area contributed by atoms with E-state index in [0.29, 0.717) is 23.8 Å². The second-order valence-corrected chi connectivity index (χ2v) is 6.86. The van der Waals surface area contributed by atoms with Crippen LogP contribution in [0, 0.1) is 12.8 Å². The van der Waals surface area contributed by atoms with Crippen LogP contribution in [0.3, 0.4) is 0 Å². The fourth-order valence-corrected chi connectivity index (χ4v) is 2.73. The van der Waals surface area contributed by atoms with E-state index in [9.17, 15) is 4.79 Å². The van der Waals surface area contributed by atoms with Gasteiger partial charge in [0.2, 0.25) is 0 Å². The number of aryl methyl sites for hydroxylation is 1. The average Bonchev–Trinajstić information content (AvgIpc) is 3.02. The highest BCUT2D eigenvalue weighted by molar-refractivity contribution is 5.93. The zero-order chi connectivity index (χ0) is 18.4. The van der Waals surface area contributed by atoms with Gasteiger partial charge in [0.15, 0.2) is 0 Å². The van der Waals surface area contributed by atoms with Gasteiger partial charge in [-0.15, -0.1) is 0 Å². The Bertz CT molecular complexity index is 707. The maximum Gasteiger partial charge on any atom is 0.254 e. The van der Waals surface area contributed by atoms with E-state index in [1.807, 2.05) is 25.1 Å². The molecule has 0 saturated heterocycles. The van der Waals surface area contributed by atoms with Gasteiger partial charge in [-0.05, 0) is 43.9 Å². The van der Waals surface area contributed by atoms with Crippen LogP contribution < -0.4 is 15.8 Å². The van der Waals surface area contributed by atoms with E-state index in [2.05, 4.69) is 26.1 Å². The number of carbonyl (C=O) groups is 1. The second kappa shape index (κ2) is 8.72. The van der Waals surface area contributed by atoms with Gasteiger partial charge in [-0.3, -0.25) is 4.79 Å². The lowest BCUT2D eigenvalue weighted by Gasteiger charge is -2.19. The number of furan rings is 1. The molecule has 5 nitrogen and oxygen atoms in total. The lowest BCUT2D eigenvalue weighted by molar-refractivity contribution is 0.0949. The topological polar surface area (TPSA) is 77.5 Å². The first-order valence-corrected chi connectivity index (χ1v) is 8.71. The van der Waals surface area contributed by atoms with Crippen LogP contribution in [0.1, 0.15) is 54.4 Å². The average molecular weight is 344 g/mol. The van der Waals surface area contributed by atoms with Gasteiger partial charge in [-0.2, -0.15) is 0 Å². The molecule has 1 aromatic carbocycles. The predicted molar refractivity (Wildman–Crippen MR) is 98.5 cm³/mol. The second-order valence-electron chi connectivity index (χ2n) is 6.86. The lowest BCUT2D eigenvalue weighted by atomic mass is 10.1. The minimum Gasteiger partial charge on any atom is -0.490 e. The number of hydrogen-bond donors (Lipinski definition) is 2. The van der Waals surface area contributed by atoms with Crippen LogP contribution in [0.5, 0.6) is 5.75 Å². The first-order chi connectivity index (χ1) is 11.9. The van der Waals surface area contributed by atoms with Crippen LogP contribution in [-0.4, -0.2) is 12.0 Å². The van der Waals surface area contributed by atoms with Crippen molar-refractivity contribution in [2.24, 2.45) is 11.7 Å². The Kier molecular flexibility index (Phi) is 6.65. The summed E-state index contributed by atoms with van der Waals surface area (Å²) >= 11 is 0. The number of nitrogens with two attached hydrogens (primary N) is 1. The number of nitrogens with one attached hydrogen (secondary N) is 1. The Labute approximate surface area is 149 Å². The molecular weight excluding hydrogens is 316 g/mol. The first kappa shape index (κ1) is 19.1. The molecule has 0 bridgehead atoms. The molecule has 0 spiro atoms. The molecule has 1 heterocycles. The van der Waals surface area contributed by atoms with Gasteiger partial charge in [0, 0.05) is 12.1 Å². The van der Waals surface area contributed by atoms with Gasteiger partial charge in [0.05, 0.1) is 18.2 Å². The summed E-state index contributed by atoms with van der Waals surface area (Å²) in [5.41, 5.74) is 8.06. The van der Waals surface area contributed by atoms with Gasteiger partial charge in [0.25, 0.3) is 5.91 Å². The van der Waals surface area contributed by atoms with Crippen molar-refractivity contribution >= 4 is 5.91 Å². The number of rotatable bonds is 8. The largest absolute Gasteiger partial charge is 0.490 e. The van der Waals surface area contributed by atoms with Crippen LogP contribution >= 0.6 is 0 Å². The van der Waals surface area contributed by atoms with E-state index < -0.39 is 0 Å². The predicted octanol–water partition coefficient (Wildman–Crippen LogP) is 3.79. The van der Waals surface area contributed by atoms with Crippen LogP contribution in [-0.2, 0) is 13.1 Å². The van der Waals surface area contributed by atoms with E-state index in [4.69, 9.17) is 14.9 Å². The molecule has 2 aromatic rings. The molecule has 2 rings (SSSR count). The van der Waals surface area contributed by atoms with E-state index in [1.165, 1.54) is 6.26 Å². The third kappa shape index (κ3) is 5.64. The molecule has 0 aliphatic carbocycles. The number of ether oxygens (including phenoxy) is 1. The van der Waals surface area contributed by atoms with E-state index >= 15 is 0 Å². The molecule has 0 aliphatic heterocycles. The molecule has 136 valence electrons. The maximum atomic E-state index is 12.2. The molecule has 1 atom stereocenters. The summed E-state index contributed by atoms with van der Waals surface area (Å²) in [5, 5.41) is 2.91. The summed E-state index contributed by atoms with van der Waals surface area (Å²) in [6.07, 6.45) is 2.53. The molecule has 0 aliphatic rings. The summed E-state index contributed by atoms with van der Waals surface area (Å²) in [4.78, 5) is 12.2.